The van der Waals surface area contributed by atoms with Gasteiger partial charge in [0, 0.05) is 19.3 Å². The lowest BCUT2D eigenvalue weighted by atomic mass is 10.0. The average molecular weight is 288 g/mol. The van der Waals surface area contributed by atoms with E-state index in [1.165, 1.54) is 0 Å². The number of imidazole rings is 1. The van der Waals surface area contributed by atoms with Crippen molar-refractivity contribution in [3.05, 3.63) is 12.0 Å². The van der Waals surface area contributed by atoms with Crippen molar-refractivity contribution < 1.29 is 8.42 Å². The van der Waals surface area contributed by atoms with Crippen molar-refractivity contribution in [1.82, 2.24) is 14.3 Å². The first-order chi connectivity index (χ1) is 8.94. The molecule has 19 heavy (non-hydrogen) atoms. The molecular formula is C12H24N4O2S. The van der Waals surface area contributed by atoms with Crippen LogP contribution < -0.4 is 10.5 Å². The number of aromatic nitrogens is 2. The molecule has 1 heterocycles. The summed E-state index contributed by atoms with van der Waals surface area (Å²) in [5.74, 6) is 0.978. The van der Waals surface area contributed by atoms with Gasteiger partial charge in [-0.15, -0.1) is 0 Å². The van der Waals surface area contributed by atoms with Crippen LogP contribution in [0.25, 0.3) is 0 Å². The molecule has 0 fully saturated rings. The fourth-order valence-electron chi connectivity index (χ4n) is 1.92. The summed E-state index contributed by atoms with van der Waals surface area (Å²) in [6.45, 7) is 7.47. The maximum absolute atomic E-state index is 12.1. The molecule has 0 saturated heterocycles. The van der Waals surface area contributed by atoms with E-state index in [2.05, 4.69) is 9.71 Å². The van der Waals surface area contributed by atoms with Gasteiger partial charge in [-0.25, -0.2) is 18.1 Å². The van der Waals surface area contributed by atoms with Crippen LogP contribution in [0.3, 0.4) is 0 Å². The molecule has 0 amide bonds. The van der Waals surface area contributed by atoms with Gasteiger partial charge in [0.05, 0.1) is 0 Å². The Hall–Kier alpha value is -0.920. The van der Waals surface area contributed by atoms with Crippen LogP contribution in [-0.2, 0) is 16.6 Å². The summed E-state index contributed by atoms with van der Waals surface area (Å²) in [7, 11) is -3.52. The number of hydrogen-bond donors (Lipinski definition) is 2. The molecule has 6 nitrogen and oxygen atoms in total. The molecule has 0 saturated carbocycles. The predicted octanol–water partition coefficient (Wildman–Crippen LogP) is 0.865. The van der Waals surface area contributed by atoms with Crippen LogP contribution >= 0.6 is 0 Å². The third-order valence-corrected chi connectivity index (χ3v) is 4.58. The van der Waals surface area contributed by atoms with Gasteiger partial charge in [0.2, 0.25) is 0 Å². The summed E-state index contributed by atoms with van der Waals surface area (Å²) in [6.07, 6.45) is 3.30. The van der Waals surface area contributed by atoms with Crippen molar-refractivity contribution in [2.45, 2.75) is 45.2 Å². The fraction of sp³-hybridized carbons (Fsp3) is 0.750. The predicted molar refractivity (Wildman–Crippen MR) is 75.3 cm³/mol. The standard InChI is InChI=1S/C12H24N4O2S/c1-4-11(6-7-13)8-14-19(17,18)12-9-16(5-2)10(3)15-12/h9,11,14H,4-8,13H2,1-3H3. The lowest BCUT2D eigenvalue weighted by Gasteiger charge is -2.13. The van der Waals surface area contributed by atoms with E-state index in [4.69, 9.17) is 5.73 Å². The molecular weight excluding hydrogens is 264 g/mol. The maximum atomic E-state index is 12.1. The summed E-state index contributed by atoms with van der Waals surface area (Å²) in [6, 6.07) is 0. The van der Waals surface area contributed by atoms with Crippen molar-refractivity contribution >= 4 is 10.0 Å². The van der Waals surface area contributed by atoms with E-state index in [1.807, 2.05) is 18.4 Å². The van der Waals surface area contributed by atoms with Crippen LogP contribution in [0, 0.1) is 12.8 Å². The van der Waals surface area contributed by atoms with Crippen LogP contribution in [0.2, 0.25) is 0 Å². The van der Waals surface area contributed by atoms with E-state index in [1.54, 1.807) is 13.1 Å². The van der Waals surface area contributed by atoms with Crippen LogP contribution in [0.4, 0.5) is 0 Å². The van der Waals surface area contributed by atoms with Gasteiger partial charge in [-0.05, 0) is 32.7 Å². The van der Waals surface area contributed by atoms with Gasteiger partial charge in [0.25, 0.3) is 10.0 Å². The van der Waals surface area contributed by atoms with Gasteiger partial charge >= 0.3 is 0 Å². The molecule has 0 aliphatic carbocycles. The molecule has 0 spiro atoms. The molecule has 1 aromatic heterocycles. The highest BCUT2D eigenvalue weighted by Crippen LogP contribution is 2.11. The molecule has 0 bridgehead atoms. The molecule has 1 rings (SSSR count). The first-order valence-electron chi connectivity index (χ1n) is 6.68. The maximum Gasteiger partial charge on any atom is 0.259 e. The second kappa shape index (κ2) is 7.02. The lowest BCUT2D eigenvalue weighted by Crippen LogP contribution is -2.30. The Morgan fingerprint density at radius 2 is 2.16 bits per heavy atom. The molecule has 3 N–H and O–H groups in total. The Morgan fingerprint density at radius 1 is 1.47 bits per heavy atom. The van der Waals surface area contributed by atoms with Crippen LogP contribution in [0.15, 0.2) is 11.2 Å². The molecule has 110 valence electrons. The Bertz CT molecular complexity index is 496. The molecule has 0 radical (unpaired) electrons. The average Bonchev–Trinajstić information content (AvgIpc) is 2.76. The van der Waals surface area contributed by atoms with Crippen molar-refractivity contribution in [1.29, 1.82) is 0 Å². The molecule has 0 aromatic carbocycles. The first kappa shape index (κ1) is 16.1. The van der Waals surface area contributed by atoms with Crippen molar-refractivity contribution in [3.63, 3.8) is 0 Å². The van der Waals surface area contributed by atoms with Crippen molar-refractivity contribution in [2.24, 2.45) is 11.7 Å². The highest BCUT2D eigenvalue weighted by molar-refractivity contribution is 7.89. The lowest BCUT2D eigenvalue weighted by molar-refractivity contribution is 0.465. The Balaban J connectivity index is 2.75. The number of hydrogen-bond acceptors (Lipinski definition) is 4. The quantitative estimate of drug-likeness (QED) is 0.742. The SMILES string of the molecule is CCC(CCN)CNS(=O)(=O)c1cn(CC)c(C)n1. The molecule has 1 atom stereocenters. The topological polar surface area (TPSA) is 90.0 Å². The minimum Gasteiger partial charge on any atom is -0.334 e. The van der Waals surface area contributed by atoms with Gasteiger partial charge in [-0.3, -0.25) is 0 Å². The molecule has 1 aromatic rings. The van der Waals surface area contributed by atoms with E-state index < -0.39 is 10.0 Å². The highest BCUT2D eigenvalue weighted by Gasteiger charge is 2.19. The number of nitrogens with zero attached hydrogens (tertiary/aromatic N) is 2. The van der Waals surface area contributed by atoms with Crippen LogP contribution in [0.5, 0.6) is 0 Å². The van der Waals surface area contributed by atoms with Gasteiger partial charge in [0.1, 0.15) is 5.82 Å². The second-order valence-electron chi connectivity index (χ2n) is 4.62. The third-order valence-electron chi connectivity index (χ3n) is 3.28. The van der Waals surface area contributed by atoms with E-state index >= 15 is 0 Å². The number of nitrogens with one attached hydrogen (secondary N) is 1. The Morgan fingerprint density at radius 3 is 2.63 bits per heavy atom. The smallest absolute Gasteiger partial charge is 0.259 e. The molecule has 0 aliphatic rings. The number of rotatable bonds is 8. The van der Waals surface area contributed by atoms with E-state index in [9.17, 15) is 8.42 Å². The monoisotopic (exact) mass is 288 g/mol. The molecule has 7 heteroatoms. The number of aryl methyl sites for hydroxylation is 2. The Kier molecular flexibility index (Phi) is 5.96. The summed E-state index contributed by atoms with van der Waals surface area (Å²) in [4.78, 5) is 4.09. The third kappa shape index (κ3) is 4.29. The highest BCUT2D eigenvalue weighted by atomic mass is 32.2. The van der Waals surface area contributed by atoms with E-state index in [0.717, 1.165) is 12.8 Å². The summed E-state index contributed by atoms with van der Waals surface area (Å²) in [5.41, 5.74) is 5.50. The zero-order valence-corrected chi connectivity index (χ0v) is 12.7. The van der Waals surface area contributed by atoms with Crippen LogP contribution in [0.1, 0.15) is 32.5 Å². The van der Waals surface area contributed by atoms with Crippen molar-refractivity contribution in [2.75, 3.05) is 13.1 Å². The zero-order chi connectivity index (χ0) is 14.5. The van der Waals surface area contributed by atoms with Gasteiger partial charge in [0.15, 0.2) is 5.03 Å². The first-order valence-corrected chi connectivity index (χ1v) is 8.16. The summed E-state index contributed by atoms with van der Waals surface area (Å²) in [5, 5.41) is 0.0921. The van der Waals surface area contributed by atoms with Crippen molar-refractivity contribution in [3.8, 4) is 0 Å². The van der Waals surface area contributed by atoms with Gasteiger partial charge < -0.3 is 10.3 Å². The zero-order valence-electron chi connectivity index (χ0n) is 11.9. The molecule has 0 aliphatic heterocycles. The second-order valence-corrected chi connectivity index (χ2v) is 6.33. The van der Waals surface area contributed by atoms with Gasteiger partial charge in [-0.1, -0.05) is 13.3 Å². The van der Waals surface area contributed by atoms with E-state index in [-0.39, 0.29) is 10.9 Å². The molecule has 1 unspecified atom stereocenters. The number of sulfonamides is 1. The minimum atomic E-state index is -3.52. The number of nitrogens with two attached hydrogens (primary N) is 1. The minimum absolute atomic E-state index is 0.0921. The largest absolute Gasteiger partial charge is 0.334 e. The summed E-state index contributed by atoms with van der Waals surface area (Å²) >= 11 is 0. The normalized spacial score (nSPS) is 13.7. The Labute approximate surface area is 115 Å². The summed E-state index contributed by atoms with van der Waals surface area (Å²) < 4.78 is 28.7. The fourth-order valence-corrected chi connectivity index (χ4v) is 3.04. The van der Waals surface area contributed by atoms with Crippen LogP contribution in [-0.4, -0.2) is 31.1 Å². The van der Waals surface area contributed by atoms with E-state index in [0.29, 0.717) is 25.5 Å². The van der Waals surface area contributed by atoms with Gasteiger partial charge in [-0.2, -0.15) is 0 Å².